The van der Waals surface area contributed by atoms with E-state index in [0.717, 1.165) is 11.3 Å². The second-order valence-corrected chi connectivity index (χ2v) is 4.51. The molecule has 1 aliphatic heterocycles. The summed E-state index contributed by atoms with van der Waals surface area (Å²) in [6.07, 6.45) is 0. The van der Waals surface area contributed by atoms with Crippen molar-refractivity contribution in [2.75, 3.05) is 12.4 Å². The zero-order chi connectivity index (χ0) is 11.9. The first-order valence-electron chi connectivity index (χ1n) is 5.11. The van der Waals surface area contributed by atoms with Gasteiger partial charge in [-0.1, -0.05) is 13.8 Å². The van der Waals surface area contributed by atoms with Crippen molar-refractivity contribution in [3.05, 3.63) is 29.6 Å². The molecule has 0 spiro atoms. The largest absolute Gasteiger partial charge is 0.467 e. The first kappa shape index (κ1) is 10.9. The van der Waals surface area contributed by atoms with Gasteiger partial charge in [0.15, 0.2) is 0 Å². The zero-order valence-corrected chi connectivity index (χ0v) is 9.50. The van der Waals surface area contributed by atoms with Crippen LogP contribution in [-0.4, -0.2) is 19.1 Å². The van der Waals surface area contributed by atoms with Crippen LogP contribution in [0, 0.1) is 5.82 Å². The summed E-state index contributed by atoms with van der Waals surface area (Å²) >= 11 is 0. The third-order valence-electron chi connectivity index (χ3n) is 3.13. The molecule has 0 bridgehead atoms. The number of halogens is 1. The van der Waals surface area contributed by atoms with Crippen molar-refractivity contribution in [2.24, 2.45) is 0 Å². The minimum atomic E-state index is -0.468. The SMILES string of the molecule is COC(=O)[C@H]1Nc2ccc(F)cc2C1(C)C. The zero-order valence-electron chi connectivity index (χ0n) is 9.50. The number of esters is 1. The molecule has 1 aliphatic rings. The van der Waals surface area contributed by atoms with Crippen LogP contribution in [0.25, 0.3) is 0 Å². The summed E-state index contributed by atoms with van der Waals surface area (Å²) in [5, 5.41) is 3.06. The van der Waals surface area contributed by atoms with Crippen LogP contribution in [0.4, 0.5) is 10.1 Å². The average molecular weight is 223 g/mol. The molecule has 0 saturated heterocycles. The molecule has 16 heavy (non-hydrogen) atoms. The molecule has 86 valence electrons. The summed E-state index contributed by atoms with van der Waals surface area (Å²) < 4.78 is 17.9. The molecule has 0 radical (unpaired) electrons. The van der Waals surface area contributed by atoms with Crippen molar-refractivity contribution in [1.29, 1.82) is 0 Å². The molecule has 0 saturated carbocycles. The van der Waals surface area contributed by atoms with E-state index in [1.165, 1.54) is 19.2 Å². The molecule has 3 nitrogen and oxygen atoms in total. The molecule has 0 amide bonds. The lowest BCUT2D eigenvalue weighted by molar-refractivity contribution is -0.142. The highest BCUT2D eigenvalue weighted by atomic mass is 19.1. The Morgan fingerprint density at radius 3 is 2.81 bits per heavy atom. The predicted octanol–water partition coefficient (Wildman–Crippen LogP) is 2.07. The van der Waals surface area contributed by atoms with Crippen molar-refractivity contribution >= 4 is 11.7 Å². The molecular formula is C12H14FNO2. The number of methoxy groups -OCH3 is 1. The minimum absolute atomic E-state index is 0.292. The third kappa shape index (κ3) is 1.45. The lowest BCUT2D eigenvalue weighted by atomic mass is 9.80. The summed E-state index contributed by atoms with van der Waals surface area (Å²) in [5.74, 6) is -0.624. The number of carbonyl (C=O) groups excluding carboxylic acids is 1. The maximum absolute atomic E-state index is 13.2. The number of carbonyl (C=O) groups is 1. The standard InChI is InChI=1S/C12H14FNO2/c1-12(2)8-6-7(13)4-5-9(8)14-10(12)11(15)16-3/h4-6,10,14H,1-3H3/t10-/m1/s1. The van der Waals surface area contributed by atoms with Gasteiger partial charge in [0.05, 0.1) is 7.11 Å². The fourth-order valence-electron chi connectivity index (χ4n) is 2.14. The molecule has 1 aromatic rings. The van der Waals surface area contributed by atoms with Crippen molar-refractivity contribution < 1.29 is 13.9 Å². The van der Waals surface area contributed by atoms with Gasteiger partial charge < -0.3 is 10.1 Å². The average Bonchev–Trinajstić information content (AvgIpc) is 2.50. The summed E-state index contributed by atoms with van der Waals surface area (Å²) in [5.41, 5.74) is 1.13. The van der Waals surface area contributed by atoms with E-state index in [-0.39, 0.29) is 11.8 Å². The third-order valence-corrected chi connectivity index (χ3v) is 3.13. The van der Waals surface area contributed by atoms with E-state index in [2.05, 4.69) is 5.32 Å². The summed E-state index contributed by atoms with van der Waals surface area (Å²) in [6.45, 7) is 3.79. The Balaban J connectivity index is 2.46. The first-order chi connectivity index (χ1) is 7.46. The topological polar surface area (TPSA) is 38.3 Å². The van der Waals surface area contributed by atoms with Gasteiger partial charge in [-0.15, -0.1) is 0 Å². The van der Waals surface area contributed by atoms with Gasteiger partial charge in [-0.25, -0.2) is 9.18 Å². The molecule has 4 heteroatoms. The molecule has 0 fully saturated rings. The number of fused-ring (bicyclic) bond motifs is 1. The Hall–Kier alpha value is -1.58. The van der Waals surface area contributed by atoms with Crippen LogP contribution in [0.5, 0.6) is 0 Å². The van der Waals surface area contributed by atoms with Gasteiger partial charge >= 0.3 is 5.97 Å². The molecule has 0 unspecified atom stereocenters. The van der Waals surface area contributed by atoms with Crippen molar-refractivity contribution in [1.82, 2.24) is 0 Å². The summed E-state index contributed by atoms with van der Waals surface area (Å²) in [7, 11) is 1.35. The van der Waals surface area contributed by atoms with Crippen LogP contribution in [0.15, 0.2) is 18.2 Å². The number of nitrogens with one attached hydrogen (secondary N) is 1. The van der Waals surface area contributed by atoms with Gasteiger partial charge in [-0.3, -0.25) is 0 Å². The lowest BCUT2D eigenvalue weighted by Crippen LogP contribution is -2.41. The van der Waals surface area contributed by atoms with E-state index in [4.69, 9.17) is 4.74 Å². The Labute approximate surface area is 93.6 Å². The molecule has 0 aromatic heterocycles. The Bertz CT molecular complexity index is 443. The first-order valence-corrected chi connectivity index (χ1v) is 5.11. The van der Waals surface area contributed by atoms with E-state index in [9.17, 15) is 9.18 Å². The summed E-state index contributed by atoms with van der Waals surface area (Å²) in [4.78, 5) is 11.6. The fourth-order valence-corrected chi connectivity index (χ4v) is 2.14. The van der Waals surface area contributed by atoms with Gasteiger partial charge in [0.2, 0.25) is 0 Å². The van der Waals surface area contributed by atoms with Gasteiger partial charge in [0.1, 0.15) is 11.9 Å². The highest BCUT2D eigenvalue weighted by molar-refractivity contribution is 5.85. The lowest BCUT2D eigenvalue weighted by Gasteiger charge is -2.25. The Morgan fingerprint density at radius 2 is 2.19 bits per heavy atom. The number of anilines is 1. The van der Waals surface area contributed by atoms with Gasteiger partial charge in [-0.05, 0) is 23.8 Å². The quantitative estimate of drug-likeness (QED) is 0.741. The number of hydrogen-bond acceptors (Lipinski definition) is 3. The molecule has 1 N–H and O–H groups in total. The van der Waals surface area contributed by atoms with E-state index in [1.807, 2.05) is 13.8 Å². The molecule has 1 atom stereocenters. The smallest absolute Gasteiger partial charge is 0.329 e. The van der Waals surface area contributed by atoms with Crippen LogP contribution >= 0.6 is 0 Å². The Kier molecular flexibility index (Phi) is 2.37. The van der Waals surface area contributed by atoms with Crippen LogP contribution in [0.2, 0.25) is 0 Å². The second kappa shape index (κ2) is 3.47. The van der Waals surface area contributed by atoms with Crippen LogP contribution in [0.3, 0.4) is 0 Å². The maximum atomic E-state index is 13.2. The van der Waals surface area contributed by atoms with Crippen molar-refractivity contribution in [3.63, 3.8) is 0 Å². The Morgan fingerprint density at radius 1 is 1.50 bits per heavy atom. The normalized spacial score (nSPS) is 21.1. The number of hydrogen-bond donors (Lipinski definition) is 1. The number of ether oxygens (including phenoxy) is 1. The second-order valence-electron chi connectivity index (χ2n) is 4.51. The summed E-state index contributed by atoms with van der Waals surface area (Å²) in [6, 6.07) is 4.02. The predicted molar refractivity (Wildman–Crippen MR) is 58.9 cm³/mol. The van der Waals surface area contributed by atoms with E-state index >= 15 is 0 Å². The highest BCUT2D eigenvalue weighted by Gasteiger charge is 2.44. The highest BCUT2D eigenvalue weighted by Crippen LogP contribution is 2.41. The fraction of sp³-hybridized carbons (Fsp3) is 0.417. The van der Waals surface area contributed by atoms with Gasteiger partial charge in [-0.2, -0.15) is 0 Å². The number of rotatable bonds is 1. The van der Waals surface area contributed by atoms with Crippen molar-refractivity contribution in [3.8, 4) is 0 Å². The minimum Gasteiger partial charge on any atom is -0.467 e. The van der Waals surface area contributed by atoms with Gasteiger partial charge in [0.25, 0.3) is 0 Å². The van der Waals surface area contributed by atoms with Crippen LogP contribution in [0.1, 0.15) is 19.4 Å². The van der Waals surface area contributed by atoms with Gasteiger partial charge in [0, 0.05) is 11.1 Å². The van der Waals surface area contributed by atoms with Crippen molar-refractivity contribution in [2.45, 2.75) is 25.3 Å². The van der Waals surface area contributed by atoms with E-state index < -0.39 is 11.5 Å². The van der Waals surface area contributed by atoms with Crippen LogP contribution in [-0.2, 0) is 14.9 Å². The molecule has 2 rings (SSSR count). The molecule has 1 heterocycles. The number of benzene rings is 1. The molecule has 0 aliphatic carbocycles. The molecular weight excluding hydrogens is 209 g/mol. The van der Waals surface area contributed by atoms with Crippen LogP contribution < -0.4 is 5.32 Å². The maximum Gasteiger partial charge on any atom is 0.329 e. The van der Waals surface area contributed by atoms with E-state index in [1.54, 1.807) is 6.07 Å². The monoisotopic (exact) mass is 223 g/mol. The van der Waals surface area contributed by atoms with E-state index in [0.29, 0.717) is 0 Å². The molecule has 1 aromatic carbocycles.